The summed E-state index contributed by atoms with van der Waals surface area (Å²) < 4.78 is 160. The number of hydrogen-bond acceptors (Lipinski definition) is 15. The second kappa shape index (κ2) is 32.4. The highest BCUT2D eigenvalue weighted by atomic mass is 32.2. The first kappa shape index (κ1) is 71.1. The summed E-state index contributed by atoms with van der Waals surface area (Å²) in [5, 5.41) is -1.40. The smallest absolute Gasteiger partial charge is 0.337 e. The van der Waals surface area contributed by atoms with Crippen molar-refractivity contribution in [3.8, 4) is 11.5 Å². The van der Waals surface area contributed by atoms with Gasteiger partial charge in [0.1, 0.15) is 15.4 Å². The number of esters is 2. The molecule has 1 atom stereocenters. The maximum atomic E-state index is 13.4. The lowest BCUT2D eigenvalue weighted by molar-refractivity contribution is -0.197. The minimum atomic E-state index is -4.97. The zero-order chi connectivity index (χ0) is 64.4. The topological polar surface area (TPSA) is 237 Å². The Bertz CT molecular complexity index is 3580. The molecule has 2 heterocycles. The molecule has 0 spiro atoms. The van der Waals surface area contributed by atoms with E-state index < -0.39 is 133 Å². The van der Waals surface area contributed by atoms with Crippen LogP contribution in [0.1, 0.15) is 91.5 Å². The second-order valence-corrected chi connectivity index (χ2v) is 20.3. The first-order valence-corrected chi connectivity index (χ1v) is 27.7. The molecule has 0 aliphatic carbocycles. The lowest BCUT2D eigenvalue weighted by Crippen LogP contribution is -2.37. The number of hydroxylamine groups is 4. The predicted octanol–water partition coefficient (Wildman–Crippen LogP) is 9.82. The van der Waals surface area contributed by atoms with Gasteiger partial charge in [-0.2, -0.15) is 17.6 Å². The SMILES string of the molecule is CCc1ccc(CC(=O)ON2C(=O)CC(S(=O)(=O)[O-])C2=O)cc1.CCc1ccc(CC(=O)ON2C(=O)CCC2=O)cc1.CCc1ccc(CC(=O)Oc2c(F)c(F)c(F)c(F)c2F)cc1.CCc1ccc(CC(=O)Oc2c(F)c(F)cc(F)c2F)cc1.[CH3+]. The van der Waals surface area contributed by atoms with Gasteiger partial charge in [0.2, 0.25) is 52.2 Å². The van der Waals surface area contributed by atoms with Gasteiger partial charge in [-0.05, 0) is 70.2 Å². The third kappa shape index (κ3) is 19.6. The third-order valence-electron chi connectivity index (χ3n) is 12.6. The molecule has 0 radical (unpaired) electrons. The van der Waals surface area contributed by atoms with Crippen molar-refractivity contribution in [2.24, 2.45) is 0 Å². The highest BCUT2D eigenvalue weighted by Crippen LogP contribution is 2.30. The van der Waals surface area contributed by atoms with Crippen molar-refractivity contribution in [1.82, 2.24) is 10.1 Å². The van der Waals surface area contributed by atoms with E-state index in [1.54, 1.807) is 60.7 Å². The fourth-order valence-electron chi connectivity index (χ4n) is 7.68. The number of imide groups is 2. The van der Waals surface area contributed by atoms with Crippen LogP contribution in [0.2, 0.25) is 0 Å². The molecule has 0 saturated carbocycles. The number of nitrogens with zero attached hydrogens (tertiary/aromatic N) is 2. The molecule has 6 aromatic carbocycles. The molecule has 0 N–H and O–H groups in total. The predicted molar refractivity (Wildman–Crippen MR) is 292 cm³/mol. The number of benzene rings is 6. The van der Waals surface area contributed by atoms with E-state index in [2.05, 4.69) is 14.3 Å². The molecule has 17 nitrogen and oxygen atoms in total. The Morgan fingerprint density at radius 2 is 0.705 bits per heavy atom. The van der Waals surface area contributed by atoms with Crippen molar-refractivity contribution in [2.75, 3.05) is 0 Å². The normalized spacial score (nSPS) is 13.5. The summed E-state index contributed by atoms with van der Waals surface area (Å²) in [6.45, 7) is 7.93. The van der Waals surface area contributed by atoms with Crippen LogP contribution in [-0.4, -0.2) is 75.9 Å². The first-order chi connectivity index (χ1) is 41.1. The quantitative estimate of drug-likeness (QED) is 0.0121. The van der Waals surface area contributed by atoms with Crippen LogP contribution >= 0.6 is 0 Å². The molecule has 0 bridgehead atoms. The van der Waals surface area contributed by atoms with Gasteiger partial charge in [0.15, 0.2) is 11.6 Å². The lowest BCUT2D eigenvalue weighted by atomic mass is 10.1. The molecular formula is C61H55F9N2O15S. The molecule has 2 aliphatic heterocycles. The van der Waals surface area contributed by atoms with Crippen molar-refractivity contribution < 1.29 is 110 Å². The Kier molecular flexibility index (Phi) is 26.2. The van der Waals surface area contributed by atoms with Crippen molar-refractivity contribution in [3.05, 3.63) is 207 Å². The van der Waals surface area contributed by atoms with E-state index in [4.69, 9.17) is 4.84 Å². The van der Waals surface area contributed by atoms with Crippen LogP contribution in [0.3, 0.4) is 0 Å². The van der Waals surface area contributed by atoms with E-state index >= 15 is 0 Å². The molecule has 2 fully saturated rings. The Balaban J connectivity index is 0.000000251. The van der Waals surface area contributed by atoms with Crippen LogP contribution in [0, 0.1) is 59.8 Å². The van der Waals surface area contributed by atoms with Gasteiger partial charge < -0.3 is 23.7 Å². The molecule has 2 saturated heterocycles. The van der Waals surface area contributed by atoms with Gasteiger partial charge >= 0.3 is 23.9 Å². The fourth-order valence-corrected chi connectivity index (χ4v) is 8.37. The number of hydrogen-bond donors (Lipinski definition) is 0. The molecule has 6 aromatic rings. The van der Waals surface area contributed by atoms with Gasteiger partial charge in [0.25, 0.3) is 23.6 Å². The zero-order valence-corrected chi connectivity index (χ0v) is 48.3. The molecule has 1 unspecified atom stereocenters. The largest absolute Gasteiger partial charge is 0.747 e. The van der Waals surface area contributed by atoms with Crippen LogP contribution in [0.15, 0.2) is 103 Å². The summed E-state index contributed by atoms with van der Waals surface area (Å²) in [5.74, 6) is -27.7. The second-order valence-electron chi connectivity index (χ2n) is 18.8. The summed E-state index contributed by atoms with van der Waals surface area (Å²) in [5.41, 5.74) is 6.78. The van der Waals surface area contributed by atoms with Crippen molar-refractivity contribution in [1.29, 1.82) is 0 Å². The Labute approximate surface area is 498 Å². The average molecular weight is 1260 g/mol. The maximum Gasteiger partial charge on any atom is 0.337 e. The van der Waals surface area contributed by atoms with E-state index in [1.807, 2.05) is 64.1 Å². The molecule has 27 heteroatoms. The maximum absolute atomic E-state index is 13.4. The van der Waals surface area contributed by atoms with E-state index in [0.29, 0.717) is 21.8 Å². The molecule has 8 rings (SSSR count). The lowest BCUT2D eigenvalue weighted by Gasteiger charge is -2.15. The average Bonchev–Trinajstić information content (AvgIpc) is 3.41. The van der Waals surface area contributed by atoms with Crippen LogP contribution in [0.25, 0.3) is 0 Å². The standard InChI is InChI=1S/C16H11F5O2.C16H12F4O2.C14H15NO7S.C14H15NO4.CH3/c1-2-8-3-5-9(6-4-8)7-10(22)23-16-14(20)12(18)11(17)13(19)15(16)21;1-2-9-3-5-10(6-4-9)7-13(21)22-16-14(19)11(17)8-12(18)15(16)20;1-2-9-3-5-10(6-4-9)7-13(17)22-15-12(16)8-11(14(15)18)23(19,20)21;1-2-10-3-5-11(6-4-10)9-14(18)19-15-12(16)7-8-13(15)17;/h3-6H,2,7H2,1H3;3-6,8H,2,7H2,1H3;3-6,11H,2,7-8H2,1H3,(H,19,20,21);3-6H,2,7-9H2,1H3;1H3/q;;;;+1/p-1. The first-order valence-electron chi connectivity index (χ1n) is 26.2. The van der Waals surface area contributed by atoms with E-state index in [9.17, 15) is 90.8 Å². The number of ether oxygens (including phenoxy) is 2. The molecular weight excluding hydrogens is 1200 g/mol. The molecule has 0 aromatic heterocycles. The number of aryl methyl sites for hydroxylation is 4. The molecule has 4 amide bonds. The molecule has 88 heavy (non-hydrogen) atoms. The van der Waals surface area contributed by atoms with Gasteiger partial charge in [-0.25, -0.2) is 40.0 Å². The van der Waals surface area contributed by atoms with E-state index in [1.165, 1.54) is 5.56 Å². The summed E-state index contributed by atoms with van der Waals surface area (Å²) in [4.78, 5) is 102. The fraction of sp³-hybridized carbons (Fsp3) is 0.262. The number of carbonyl (C=O) groups excluding carboxylic acids is 8. The summed E-state index contributed by atoms with van der Waals surface area (Å²) >= 11 is 0. The highest BCUT2D eigenvalue weighted by molar-refractivity contribution is 7.87. The highest BCUT2D eigenvalue weighted by Gasteiger charge is 2.45. The number of carbonyl (C=O) groups is 8. The Morgan fingerprint density at radius 1 is 0.432 bits per heavy atom. The van der Waals surface area contributed by atoms with Crippen molar-refractivity contribution >= 4 is 57.6 Å². The van der Waals surface area contributed by atoms with Crippen molar-refractivity contribution in [3.63, 3.8) is 0 Å². The monoisotopic (exact) mass is 1260 g/mol. The number of amides is 4. The van der Waals surface area contributed by atoms with Crippen molar-refractivity contribution in [2.45, 2.75) is 104 Å². The van der Waals surface area contributed by atoms with Crippen LogP contribution in [-0.2, 0) is 110 Å². The molecule has 2 aliphatic rings. The minimum Gasteiger partial charge on any atom is -0.747 e. The summed E-state index contributed by atoms with van der Waals surface area (Å²) in [6, 6.07) is 28.3. The Hall–Kier alpha value is -9.37. The zero-order valence-electron chi connectivity index (χ0n) is 47.5. The van der Waals surface area contributed by atoms with E-state index in [-0.39, 0.29) is 57.1 Å². The molecule has 468 valence electrons. The van der Waals surface area contributed by atoms with Gasteiger partial charge in [-0.15, -0.1) is 10.1 Å². The van der Waals surface area contributed by atoms with Gasteiger partial charge in [0, 0.05) is 26.3 Å². The van der Waals surface area contributed by atoms with E-state index in [0.717, 1.165) is 47.9 Å². The third-order valence-corrected chi connectivity index (χ3v) is 13.7. The van der Waals surface area contributed by atoms with Crippen LogP contribution in [0.5, 0.6) is 11.5 Å². The van der Waals surface area contributed by atoms with Gasteiger partial charge in [-0.3, -0.25) is 28.8 Å². The van der Waals surface area contributed by atoms with Crippen LogP contribution < -0.4 is 9.47 Å². The van der Waals surface area contributed by atoms with Crippen LogP contribution in [0.4, 0.5) is 39.5 Å². The van der Waals surface area contributed by atoms with Gasteiger partial charge in [-0.1, -0.05) is 125 Å². The van der Waals surface area contributed by atoms with Gasteiger partial charge in [0.05, 0.1) is 32.1 Å². The number of rotatable bonds is 17. The summed E-state index contributed by atoms with van der Waals surface area (Å²) in [6.07, 6.45) is 1.98. The number of halogens is 9. The summed E-state index contributed by atoms with van der Waals surface area (Å²) in [7, 11) is -4.97. The minimum absolute atomic E-state index is 0. The Morgan fingerprint density at radius 3 is 1.00 bits per heavy atom.